The maximum absolute atomic E-state index is 13.4. The smallest absolute Gasteiger partial charge is 0.317 e. The van der Waals surface area contributed by atoms with E-state index in [0.29, 0.717) is 24.7 Å². The van der Waals surface area contributed by atoms with Gasteiger partial charge in [-0.1, -0.05) is 39.3 Å². The number of aliphatic hydroxyl groups is 1. The van der Waals surface area contributed by atoms with Crippen LogP contribution in [0.15, 0.2) is 24.3 Å². The zero-order valence-corrected chi connectivity index (χ0v) is 14.6. The molecule has 1 N–H and O–H groups in total. The van der Waals surface area contributed by atoms with Gasteiger partial charge in [0.15, 0.2) is 5.92 Å². The Labute approximate surface area is 141 Å². The summed E-state index contributed by atoms with van der Waals surface area (Å²) in [5, 5.41) is 10.9. The molecule has 0 bridgehead atoms. The van der Waals surface area contributed by atoms with Gasteiger partial charge in [0.25, 0.3) is 6.43 Å². The number of benzene rings is 1. The van der Waals surface area contributed by atoms with E-state index in [4.69, 9.17) is 4.74 Å². The minimum absolute atomic E-state index is 0.0172. The average molecular weight is 344 g/mol. The van der Waals surface area contributed by atoms with Crippen LogP contribution < -0.4 is 4.74 Å². The fraction of sp³-hybridized carbons (Fsp3) is 0.611. The summed E-state index contributed by atoms with van der Waals surface area (Å²) in [6.07, 6.45) is -2.59. The lowest BCUT2D eigenvalue weighted by atomic mass is 9.78. The van der Waals surface area contributed by atoms with Crippen molar-refractivity contribution in [1.29, 1.82) is 0 Å². The van der Waals surface area contributed by atoms with Crippen molar-refractivity contribution in [2.75, 3.05) is 13.7 Å². The lowest BCUT2D eigenvalue weighted by molar-refractivity contribution is -0.170. The van der Waals surface area contributed by atoms with Gasteiger partial charge < -0.3 is 14.6 Å². The Morgan fingerprint density at radius 1 is 1.25 bits per heavy atom. The van der Waals surface area contributed by atoms with Gasteiger partial charge in [-0.15, -0.1) is 0 Å². The summed E-state index contributed by atoms with van der Waals surface area (Å²) < 4.78 is 36.9. The molecule has 1 aromatic rings. The number of methoxy groups -OCH3 is 1. The predicted molar refractivity (Wildman–Crippen MR) is 87.1 cm³/mol. The molecule has 0 aliphatic heterocycles. The molecule has 0 amide bonds. The molecule has 4 nitrogen and oxygen atoms in total. The Bertz CT molecular complexity index is 516. The highest BCUT2D eigenvalue weighted by Gasteiger charge is 2.48. The molecule has 0 spiro atoms. The number of ether oxygens (including phenoxy) is 2. The summed E-state index contributed by atoms with van der Waals surface area (Å²) in [5.74, 6) is -2.13. The van der Waals surface area contributed by atoms with Crippen LogP contribution in [0.1, 0.15) is 39.2 Å². The fourth-order valence-corrected chi connectivity index (χ4v) is 2.60. The third-order valence-electron chi connectivity index (χ3n) is 3.79. The second-order valence-corrected chi connectivity index (χ2v) is 6.24. The van der Waals surface area contributed by atoms with Crippen molar-refractivity contribution in [3.05, 3.63) is 29.8 Å². The van der Waals surface area contributed by atoms with Crippen LogP contribution in [0.3, 0.4) is 0 Å². The van der Waals surface area contributed by atoms with E-state index in [0.717, 1.165) is 7.11 Å². The maximum atomic E-state index is 13.4. The molecule has 2 atom stereocenters. The van der Waals surface area contributed by atoms with Crippen LogP contribution >= 0.6 is 0 Å². The van der Waals surface area contributed by atoms with Crippen LogP contribution in [-0.4, -0.2) is 31.2 Å². The standard InChI is InChI=1S/C18H26F2O4/c1-5-10-18(22,15(16(19)20)17(21)23-4)13-6-8-14(9-7-13)24-11-12(2)3/h6-9,12,15-16,22H,5,10-11H2,1-4H3. The Balaban J connectivity index is 3.15. The zero-order chi connectivity index (χ0) is 18.3. The molecule has 0 heterocycles. The molecule has 0 radical (unpaired) electrons. The predicted octanol–water partition coefficient (Wildman–Crippen LogP) is 3.76. The molecule has 24 heavy (non-hydrogen) atoms. The van der Waals surface area contributed by atoms with Crippen LogP contribution in [0.2, 0.25) is 0 Å². The van der Waals surface area contributed by atoms with Gasteiger partial charge in [-0.25, -0.2) is 8.78 Å². The normalized spacial score (nSPS) is 15.2. The van der Waals surface area contributed by atoms with Crippen molar-refractivity contribution in [3.8, 4) is 5.75 Å². The molecule has 136 valence electrons. The summed E-state index contributed by atoms with van der Waals surface area (Å²) in [5.41, 5.74) is -1.75. The van der Waals surface area contributed by atoms with E-state index >= 15 is 0 Å². The summed E-state index contributed by atoms with van der Waals surface area (Å²) in [7, 11) is 1.03. The topological polar surface area (TPSA) is 55.8 Å². The molecule has 0 aliphatic rings. The van der Waals surface area contributed by atoms with Crippen molar-refractivity contribution in [2.24, 2.45) is 11.8 Å². The van der Waals surface area contributed by atoms with Gasteiger partial charge in [-0.3, -0.25) is 4.79 Å². The Kier molecular flexibility index (Phi) is 7.60. The third-order valence-corrected chi connectivity index (χ3v) is 3.79. The van der Waals surface area contributed by atoms with E-state index in [1.807, 2.05) is 13.8 Å². The first-order valence-electron chi connectivity index (χ1n) is 8.07. The van der Waals surface area contributed by atoms with Crippen LogP contribution in [0, 0.1) is 11.8 Å². The molecule has 0 saturated carbocycles. The van der Waals surface area contributed by atoms with Gasteiger partial charge in [-0.05, 0) is 30.0 Å². The number of hydrogen-bond acceptors (Lipinski definition) is 4. The molecule has 0 saturated heterocycles. The second kappa shape index (κ2) is 8.97. The van der Waals surface area contributed by atoms with Crippen molar-refractivity contribution >= 4 is 5.97 Å². The first-order valence-corrected chi connectivity index (χ1v) is 8.07. The minimum atomic E-state index is -3.04. The highest BCUT2D eigenvalue weighted by molar-refractivity contribution is 5.74. The molecule has 6 heteroatoms. The van der Waals surface area contributed by atoms with Gasteiger partial charge in [-0.2, -0.15) is 0 Å². The number of rotatable bonds is 9. The molecule has 0 aromatic heterocycles. The van der Waals surface area contributed by atoms with Crippen LogP contribution in [0.5, 0.6) is 5.75 Å². The maximum Gasteiger partial charge on any atom is 0.317 e. The van der Waals surface area contributed by atoms with Gasteiger partial charge in [0.05, 0.1) is 13.7 Å². The van der Waals surface area contributed by atoms with E-state index in [1.165, 1.54) is 12.1 Å². The fourth-order valence-electron chi connectivity index (χ4n) is 2.60. The van der Waals surface area contributed by atoms with Crippen molar-refractivity contribution < 1.29 is 28.2 Å². The summed E-state index contributed by atoms with van der Waals surface area (Å²) in [6.45, 7) is 6.31. The van der Waals surface area contributed by atoms with Crippen LogP contribution in [0.4, 0.5) is 8.78 Å². The lowest BCUT2D eigenvalue weighted by Crippen LogP contribution is -2.44. The van der Waals surface area contributed by atoms with Crippen molar-refractivity contribution in [1.82, 2.24) is 0 Å². The van der Waals surface area contributed by atoms with E-state index in [9.17, 15) is 18.7 Å². The van der Waals surface area contributed by atoms with E-state index in [2.05, 4.69) is 4.74 Å². The Morgan fingerprint density at radius 2 is 1.83 bits per heavy atom. The number of halogens is 2. The minimum Gasteiger partial charge on any atom is -0.493 e. The molecular weight excluding hydrogens is 318 g/mol. The molecule has 0 aliphatic carbocycles. The quantitative estimate of drug-likeness (QED) is 0.693. The number of esters is 1. The molecule has 1 aromatic carbocycles. The van der Waals surface area contributed by atoms with Gasteiger partial charge in [0.1, 0.15) is 11.4 Å². The molecule has 0 fully saturated rings. The highest BCUT2D eigenvalue weighted by atomic mass is 19.3. The lowest BCUT2D eigenvalue weighted by Gasteiger charge is -2.34. The molecule has 1 rings (SSSR count). The average Bonchev–Trinajstić information content (AvgIpc) is 2.53. The van der Waals surface area contributed by atoms with E-state index in [1.54, 1.807) is 19.1 Å². The largest absolute Gasteiger partial charge is 0.493 e. The first-order chi connectivity index (χ1) is 11.3. The van der Waals surface area contributed by atoms with Crippen LogP contribution in [0.25, 0.3) is 0 Å². The highest BCUT2D eigenvalue weighted by Crippen LogP contribution is 2.39. The summed E-state index contributed by atoms with van der Waals surface area (Å²) >= 11 is 0. The van der Waals surface area contributed by atoms with E-state index in [-0.39, 0.29) is 12.0 Å². The van der Waals surface area contributed by atoms with Crippen LogP contribution in [-0.2, 0) is 15.1 Å². The number of alkyl halides is 2. The van der Waals surface area contributed by atoms with Crippen molar-refractivity contribution in [3.63, 3.8) is 0 Å². The second-order valence-electron chi connectivity index (χ2n) is 6.24. The Hall–Kier alpha value is -1.69. The van der Waals surface area contributed by atoms with Gasteiger partial charge in [0, 0.05) is 0 Å². The SMILES string of the molecule is CCCC(O)(c1ccc(OCC(C)C)cc1)C(C(=O)OC)C(F)F. The summed E-state index contributed by atoms with van der Waals surface area (Å²) in [4.78, 5) is 11.8. The van der Waals surface area contributed by atoms with E-state index < -0.39 is 23.9 Å². The molecular formula is C18H26F2O4. The first kappa shape index (κ1) is 20.4. The zero-order valence-electron chi connectivity index (χ0n) is 14.6. The third kappa shape index (κ3) is 4.90. The Morgan fingerprint density at radius 3 is 2.25 bits per heavy atom. The van der Waals surface area contributed by atoms with Gasteiger partial charge >= 0.3 is 5.97 Å². The monoisotopic (exact) mass is 344 g/mol. The number of carbonyl (C=O) groups is 1. The summed E-state index contributed by atoms with van der Waals surface area (Å²) in [6, 6.07) is 6.25. The number of carbonyl (C=O) groups excluding carboxylic acids is 1. The number of hydrogen-bond donors (Lipinski definition) is 1. The van der Waals surface area contributed by atoms with Crippen molar-refractivity contribution in [2.45, 2.75) is 45.6 Å². The van der Waals surface area contributed by atoms with Gasteiger partial charge in [0.2, 0.25) is 0 Å². The molecule has 2 unspecified atom stereocenters.